The maximum Gasteiger partial charge on any atom is 0.126 e. The molecular weight excluding hydrogens is 300 g/mol. The Morgan fingerprint density at radius 3 is 2.56 bits per heavy atom. The lowest BCUT2D eigenvalue weighted by Crippen LogP contribution is -2.00. The third-order valence-corrected chi connectivity index (χ3v) is 3.03. The number of hydrogen-bond donors (Lipinski definition) is 1. The minimum absolute atomic E-state index is 0.228. The van der Waals surface area contributed by atoms with Gasteiger partial charge in [0.2, 0.25) is 0 Å². The van der Waals surface area contributed by atoms with E-state index in [1.807, 2.05) is 6.07 Å². The summed E-state index contributed by atoms with van der Waals surface area (Å²) in [6, 6.07) is 9.52. The zero-order valence-electron chi connectivity index (χ0n) is 9.81. The fourth-order valence-electron chi connectivity index (χ4n) is 1.67. The Bertz CT molecular complexity index is 549. The highest BCUT2D eigenvalue weighted by Crippen LogP contribution is 2.18. The van der Waals surface area contributed by atoms with E-state index in [1.54, 1.807) is 19.1 Å². The predicted molar refractivity (Wildman–Crippen MR) is 72.6 cm³/mol. The van der Waals surface area contributed by atoms with Gasteiger partial charge in [0, 0.05) is 16.7 Å². The van der Waals surface area contributed by atoms with E-state index >= 15 is 0 Å². The number of halogens is 3. The molecule has 0 atom stereocenters. The van der Waals surface area contributed by atoms with Crippen molar-refractivity contribution in [1.82, 2.24) is 0 Å². The van der Waals surface area contributed by atoms with E-state index in [0.717, 1.165) is 11.3 Å². The van der Waals surface area contributed by atoms with Gasteiger partial charge in [0.15, 0.2) is 0 Å². The predicted octanol–water partition coefficient (Wildman–Crippen LogP) is 4.65. The summed E-state index contributed by atoms with van der Waals surface area (Å²) in [7, 11) is 0. The molecule has 2 rings (SSSR count). The fourth-order valence-corrected chi connectivity index (χ4v) is 2.18. The van der Waals surface area contributed by atoms with Gasteiger partial charge in [0.05, 0.1) is 0 Å². The van der Waals surface area contributed by atoms with E-state index in [-0.39, 0.29) is 11.6 Å². The van der Waals surface area contributed by atoms with Gasteiger partial charge in [-0.1, -0.05) is 15.9 Å². The molecular formula is C14H12BrF2N. The zero-order chi connectivity index (χ0) is 13.1. The average Bonchev–Trinajstić information content (AvgIpc) is 2.29. The van der Waals surface area contributed by atoms with Gasteiger partial charge in [-0.15, -0.1) is 0 Å². The molecule has 0 radical (unpaired) electrons. The van der Waals surface area contributed by atoms with Gasteiger partial charge < -0.3 is 5.32 Å². The number of nitrogens with one attached hydrogen (secondary N) is 1. The van der Waals surface area contributed by atoms with E-state index < -0.39 is 0 Å². The van der Waals surface area contributed by atoms with Crippen LogP contribution >= 0.6 is 15.9 Å². The number of aryl methyl sites for hydroxylation is 1. The van der Waals surface area contributed by atoms with E-state index in [2.05, 4.69) is 21.2 Å². The molecule has 0 heterocycles. The summed E-state index contributed by atoms with van der Waals surface area (Å²) < 4.78 is 27.0. The minimum Gasteiger partial charge on any atom is -0.381 e. The third kappa shape index (κ3) is 3.29. The standard InChI is InChI=1S/C14H12BrF2N/c1-9-4-13(2-3-14(9)17)18-8-10-5-11(15)7-12(16)6-10/h2-7,18H,8H2,1H3. The van der Waals surface area contributed by atoms with E-state index in [0.29, 0.717) is 16.6 Å². The van der Waals surface area contributed by atoms with Crippen molar-refractivity contribution in [2.75, 3.05) is 5.32 Å². The lowest BCUT2D eigenvalue weighted by Gasteiger charge is -2.08. The first-order chi connectivity index (χ1) is 8.54. The topological polar surface area (TPSA) is 12.0 Å². The second-order valence-corrected chi connectivity index (χ2v) is 5.01. The van der Waals surface area contributed by atoms with Crippen LogP contribution < -0.4 is 5.32 Å². The van der Waals surface area contributed by atoms with Crippen molar-refractivity contribution in [2.24, 2.45) is 0 Å². The lowest BCUT2D eigenvalue weighted by molar-refractivity contribution is 0.618. The van der Waals surface area contributed by atoms with Crippen LogP contribution in [0.1, 0.15) is 11.1 Å². The third-order valence-electron chi connectivity index (χ3n) is 2.58. The molecule has 0 amide bonds. The molecule has 1 N–H and O–H groups in total. The second kappa shape index (κ2) is 5.48. The average molecular weight is 312 g/mol. The largest absolute Gasteiger partial charge is 0.381 e. The van der Waals surface area contributed by atoms with Crippen molar-refractivity contribution in [1.29, 1.82) is 0 Å². The maximum atomic E-state index is 13.2. The quantitative estimate of drug-likeness (QED) is 0.870. The smallest absolute Gasteiger partial charge is 0.126 e. The van der Waals surface area contributed by atoms with Crippen molar-refractivity contribution in [2.45, 2.75) is 13.5 Å². The van der Waals surface area contributed by atoms with E-state index in [4.69, 9.17) is 0 Å². The first kappa shape index (κ1) is 13.0. The van der Waals surface area contributed by atoms with Crippen LogP contribution in [0, 0.1) is 18.6 Å². The molecule has 94 valence electrons. The molecule has 0 saturated heterocycles. The molecule has 1 nitrogen and oxygen atoms in total. The molecule has 0 unspecified atom stereocenters. The normalized spacial score (nSPS) is 10.4. The summed E-state index contributed by atoms with van der Waals surface area (Å²) >= 11 is 3.24. The SMILES string of the molecule is Cc1cc(NCc2cc(F)cc(Br)c2)ccc1F. The Balaban J connectivity index is 2.08. The van der Waals surface area contributed by atoms with E-state index in [1.165, 1.54) is 18.2 Å². The highest BCUT2D eigenvalue weighted by atomic mass is 79.9. The molecule has 0 aliphatic rings. The Hall–Kier alpha value is -1.42. The van der Waals surface area contributed by atoms with Crippen LogP contribution in [-0.4, -0.2) is 0 Å². The Morgan fingerprint density at radius 1 is 1.11 bits per heavy atom. The van der Waals surface area contributed by atoms with E-state index in [9.17, 15) is 8.78 Å². The Kier molecular flexibility index (Phi) is 3.97. The highest BCUT2D eigenvalue weighted by Gasteiger charge is 2.01. The summed E-state index contributed by atoms with van der Waals surface area (Å²) in [5.41, 5.74) is 2.22. The van der Waals surface area contributed by atoms with Crippen molar-refractivity contribution in [3.05, 3.63) is 63.6 Å². The molecule has 0 aliphatic carbocycles. The molecule has 2 aromatic rings. The minimum atomic E-state index is -0.281. The number of hydrogen-bond acceptors (Lipinski definition) is 1. The van der Waals surface area contributed by atoms with Crippen LogP contribution in [0.15, 0.2) is 40.9 Å². The Morgan fingerprint density at radius 2 is 1.89 bits per heavy atom. The summed E-state index contributed by atoms with van der Waals surface area (Å²) in [6.45, 7) is 2.20. The monoisotopic (exact) mass is 311 g/mol. The number of rotatable bonds is 3. The first-order valence-electron chi connectivity index (χ1n) is 5.49. The summed E-state index contributed by atoms with van der Waals surface area (Å²) in [6.07, 6.45) is 0. The molecule has 0 aliphatic heterocycles. The van der Waals surface area contributed by atoms with Crippen LogP contribution in [0.3, 0.4) is 0 Å². The van der Waals surface area contributed by atoms with Crippen molar-refractivity contribution < 1.29 is 8.78 Å². The van der Waals surface area contributed by atoms with Crippen LogP contribution in [0.2, 0.25) is 0 Å². The molecule has 0 bridgehead atoms. The summed E-state index contributed by atoms with van der Waals surface area (Å²) in [5.74, 6) is -0.509. The van der Waals surface area contributed by atoms with Gasteiger partial charge in [-0.05, 0) is 54.4 Å². The summed E-state index contributed by atoms with van der Waals surface area (Å²) in [5, 5.41) is 3.13. The fraction of sp³-hybridized carbons (Fsp3) is 0.143. The van der Waals surface area contributed by atoms with Crippen molar-refractivity contribution in [3.8, 4) is 0 Å². The van der Waals surface area contributed by atoms with Crippen LogP contribution in [-0.2, 0) is 6.54 Å². The van der Waals surface area contributed by atoms with Crippen LogP contribution in [0.25, 0.3) is 0 Å². The number of anilines is 1. The molecule has 0 aromatic heterocycles. The molecule has 0 fully saturated rings. The lowest BCUT2D eigenvalue weighted by atomic mass is 10.2. The molecule has 2 aromatic carbocycles. The molecule has 18 heavy (non-hydrogen) atoms. The van der Waals surface area contributed by atoms with Crippen molar-refractivity contribution >= 4 is 21.6 Å². The molecule has 0 saturated carbocycles. The molecule has 0 spiro atoms. The second-order valence-electron chi connectivity index (χ2n) is 4.10. The van der Waals surface area contributed by atoms with Gasteiger partial charge in [0.25, 0.3) is 0 Å². The summed E-state index contributed by atoms with van der Waals surface area (Å²) in [4.78, 5) is 0. The van der Waals surface area contributed by atoms with Crippen LogP contribution in [0.4, 0.5) is 14.5 Å². The Labute approximate surface area is 113 Å². The van der Waals surface area contributed by atoms with Gasteiger partial charge in [0.1, 0.15) is 11.6 Å². The maximum absolute atomic E-state index is 13.2. The van der Waals surface area contributed by atoms with Gasteiger partial charge >= 0.3 is 0 Å². The van der Waals surface area contributed by atoms with Gasteiger partial charge in [-0.25, -0.2) is 8.78 Å². The molecule has 4 heteroatoms. The number of benzene rings is 2. The van der Waals surface area contributed by atoms with Gasteiger partial charge in [-0.2, -0.15) is 0 Å². The van der Waals surface area contributed by atoms with Crippen LogP contribution in [0.5, 0.6) is 0 Å². The first-order valence-corrected chi connectivity index (χ1v) is 6.29. The van der Waals surface area contributed by atoms with Gasteiger partial charge in [-0.3, -0.25) is 0 Å². The highest BCUT2D eigenvalue weighted by molar-refractivity contribution is 9.10. The zero-order valence-corrected chi connectivity index (χ0v) is 11.4. The van der Waals surface area contributed by atoms with Crippen molar-refractivity contribution in [3.63, 3.8) is 0 Å².